The Morgan fingerprint density at radius 1 is 1.05 bits per heavy atom. The van der Waals surface area contributed by atoms with Crippen molar-refractivity contribution in [3.63, 3.8) is 0 Å². The van der Waals surface area contributed by atoms with Crippen molar-refractivity contribution in [3.8, 4) is 41.2 Å². The molecule has 0 aliphatic carbocycles. The van der Waals surface area contributed by atoms with Gasteiger partial charge in [-0.1, -0.05) is 12.0 Å². The fourth-order valence-electron chi connectivity index (χ4n) is 9.48. The van der Waals surface area contributed by atoms with E-state index >= 15 is 8.78 Å². The fourth-order valence-corrected chi connectivity index (χ4v) is 9.48. The Morgan fingerprint density at radius 2 is 1.78 bits per heavy atom. The first kappa shape index (κ1) is 41.1. The zero-order valence-electron chi connectivity index (χ0n) is 33.5. The lowest BCUT2D eigenvalue weighted by molar-refractivity contribution is -0.188. The molecule has 4 aliphatic rings. The normalized spacial score (nSPS) is 22.7. The van der Waals surface area contributed by atoms with E-state index in [1.807, 2.05) is 0 Å². The molecule has 0 saturated carbocycles. The predicted molar refractivity (Wildman–Crippen MR) is 210 cm³/mol. The van der Waals surface area contributed by atoms with Crippen molar-refractivity contribution in [2.45, 2.75) is 88.3 Å². The van der Waals surface area contributed by atoms with Gasteiger partial charge in [-0.3, -0.25) is 9.69 Å². The van der Waals surface area contributed by atoms with E-state index in [1.54, 1.807) is 32.8 Å². The number of amides is 2. The summed E-state index contributed by atoms with van der Waals surface area (Å²) < 4.78 is 92.1. The number of carbonyl (C=O) groups excluding carboxylic acids is 2. The Morgan fingerprint density at radius 3 is 2.45 bits per heavy atom. The Hall–Kier alpha value is -5.70. The summed E-state index contributed by atoms with van der Waals surface area (Å²) in [6, 6.07) is 3.18. The number of rotatable bonds is 9. The summed E-state index contributed by atoms with van der Waals surface area (Å²) in [7, 11) is 3.21. The van der Waals surface area contributed by atoms with Gasteiger partial charge in [-0.05, 0) is 82.5 Å². The number of aromatic nitrogens is 3. The van der Waals surface area contributed by atoms with Crippen molar-refractivity contribution in [3.05, 3.63) is 41.5 Å². The van der Waals surface area contributed by atoms with Crippen molar-refractivity contribution >= 4 is 39.5 Å². The average Bonchev–Trinajstić information content (AvgIpc) is 3.84. The Kier molecular flexibility index (Phi) is 10.5. The first-order valence-electron chi connectivity index (χ1n) is 19.9. The summed E-state index contributed by atoms with van der Waals surface area (Å²) in [5.41, 5.74) is -1.38. The zero-order chi connectivity index (χ0) is 42.8. The number of hydrogen-bond donors (Lipinski definition) is 1. The maximum Gasteiger partial charge on any atom is 0.471 e. The third-order valence-corrected chi connectivity index (χ3v) is 12.0. The average molecular weight is 838 g/mol. The van der Waals surface area contributed by atoms with Crippen LogP contribution in [-0.4, -0.2) is 130 Å². The van der Waals surface area contributed by atoms with Gasteiger partial charge < -0.3 is 34.0 Å². The molecule has 8 rings (SSSR count). The second-order valence-electron chi connectivity index (χ2n) is 16.4. The molecule has 2 amide bonds. The number of pyridine rings is 1. The van der Waals surface area contributed by atoms with Gasteiger partial charge in [-0.2, -0.15) is 23.1 Å². The molecule has 2 bridgehead atoms. The molecule has 0 spiro atoms. The van der Waals surface area contributed by atoms with Gasteiger partial charge in [0, 0.05) is 44.2 Å². The van der Waals surface area contributed by atoms with Crippen LogP contribution in [0.4, 0.5) is 32.6 Å². The van der Waals surface area contributed by atoms with Crippen LogP contribution >= 0.6 is 0 Å². The number of aromatic hydroxyl groups is 1. The lowest BCUT2D eigenvalue weighted by Crippen LogP contribution is -2.59. The molecule has 2 aromatic heterocycles. The summed E-state index contributed by atoms with van der Waals surface area (Å²) in [4.78, 5) is 45.0. The number of hydrogen-bond acceptors (Lipinski definition) is 11. The van der Waals surface area contributed by atoms with Crippen molar-refractivity contribution in [1.82, 2.24) is 29.7 Å². The third kappa shape index (κ3) is 7.20. The molecule has 6 heterocycles. The minimum absolute atomic E-state index is 0.00408. The molecule has 2 unspecified atom stereocenters. The Balaban J connectivity index is 1.26. The van der Waals surface area contributed by atoms with E-state index in [-0.39, 0.29) is 88.9 Å². The van der Waals surface area contributed by atoms with Crippen LogP contribution in [0.2, 0.25) is 0 Å². The molecule has 4 atom stereocenters. The van der Waals surface area contributed by atoms with Crippen LogP contribution in [-0.2, 0) is 9.53 Å². The van der Waals surface area contributed by atoms with Crippen LogP contribution in [0, 0.1) is 24.0 Å². The van der Waals surface area contributed by atoms with E-state index in [4.69, 9.17) is 25.6 Å². The molecule has 4 fully saturated rings. The van der Waals surface area contributed by atoms with Gasteiger partial charge in [0.1, 0.15) is 47.2 Å². The number of ether oxygens (including phenoxy) is 3. The van der Waals surface area contributed by atoms with Crippen molar-refractivity contribution < 1.29 is 50.9 Å². The molecule has 4 aliphatic heterocycles. The minimum atomic E-state index is -5.06. The second-order valence-corrected chi connectivity index (χ2v) is 16.4. The molecule has 60 heavy (non-hydrogen) atoms. The van der Waals surface area contributed by atoms with Gasteiger partial charge in [0.25, 0.3) is 0 Å². The van der Waals surface area contributed by atoms with E-state index in [2.05, 4.69) is 20.8 Å². The molecule has 18 heteroatoms. The molecule has 2 aromatic carbocycles. The molecular weight excluding hydrogens is 793 g/mol. The first-order valence-corrected chi connectivity index (χ1v) is 19.9. The highest BCUT2D eigenvalue weighted by atomic mass is 19.4. The fraction of sp³-hybridized carbons (Fsp3) is 0.500. The quantitative estimate of drug-likeness (QED) is 0.148. The number of piperazine rings is 1. The van der Waals surface area contributed by atoms with E-state index in [1.165, 1.54) is 23.1 Å². The number of terminal acetylenes is 1. The lowest BCUT2D eigenvalue weighted by atomic mass is 9.95. The summed E-state index contributed by atoms with van der Waals surface area (Å²) in [5, 5.41) is 11.2. The van der Waals surface area contributed by atoms with Gasteiger partial charge in [0.15, 0.2) is 5.82 Å². The molecule has 4 saturated heterocycles. The number of phenolic OH excluding ortho intramolecular Hbond substituents is 1. The zero-order valence-corrected chi connectivity index (χ0v) is 33.5. The topological polar surface area (TPSA) is 134 Å². The molecule has 13 nitrogen and oxygen atoms in total. The van der Waals surface area contributed by atoms with Crippen LogP contribution in [0.1, 0.15) is 57.9 Å². The van der Waals surface area contributed by atoms with Crippen molar-refractivity contribution in [2.75, 3.05) is 51.8 Å². The molecular formula is C42H44F5N7O6. The van der Waals surface area contributed by atoms with Crippen LogP contribution < -0.4 is 14.4 Å². The smallest absolute Gasteiger partial charge is 0.471 e. The van der Waals surface area contributed by atoms with Crippen LogP contribution in [0.5, 0.6) is 17.6 Å². The van der Waals surface area contributed by atoms with Crippen LogP contribution in [0.3, 0.4) is 0 Å². The minimum Gasteiger partial charge on any atom is -0.508 e. The van der Waals surface area contributed by atoms with E-state index < -0.39 is 53.5 Å². The third-order valence-electron chi connectivity index (χ3n) is 12.0. The lowest BCUT2D eigenvalue weighted by Gasteiger charge is -2.42. The number of halogens is 5. The predicted octanol–water partition coefficient (Wildman–Crippen LogP) is 6.41. The van der Waals surface area contributed by atoms with Gasteiger partial charge in [0.05, 0.1) is 29.3 Å². The van der Waals surface area contributed by atoms with Crippen molar-refractivity contribution in [1.29, 1.82) is 0 Å². The molecule has 318 valence electrons. The number of nitrogens with zero attached hydrogens (tertiary/aromatic N) is 7. The standard InChI is InChI=1S/C42H44F5N7O6/c1-6-28-30(43)11-8-23-16-27(55)17-29(31(23)28)34-33(44)35-32(37(48-34)60-22(2)3)36(52-18-24-9-10-25(19-52)54(24)38(56)42(45,46)47)50-39(49-35)59-21-41-13-7-15-53(41)26(12-14-41)20-58-40(57)51(4)5/h1,8,11,16-17,22,24-26,55H,7,9-10,12-15,18-21H2,2-5H3/t24?,25?,26-,41+/m0/s1. The van der Waals surface area contributed by atoms with Crippen LogP contribution in [0.25, 0.3) is 32.9 Å². The van der Waals surface area contributed by atoms with Gasteiger partial charge >= 0.3 is 24.2 Å². The first-order chi connectivity index (χ1) is 28.5. The maximum atomic E-state index is 17.5. The number of fused-ring (bicyclic) bond motifs is 5. The number of phenols is 1. The Bertz CT molecular complexity index is 2410. The highest BCUT2D eigenvalue weighted by molar-refractivity contribution is 6.04. The summed E-state index contributed by atoms with van der Waals surface area (Å²) in [6.45, 7) is 4.31. The Labute approximate surface area is 342 Å². The number of benzene rings is 2. The summed E-state index contributed by atoms with van der Waals surface area (Å²) in [6.07, 6.45) is 3.37. The van der Waals surface area contributed by atoms with Gasteiger partial charge in [0.2, 0.25) is 5.88 Å². The molecule has 0 radical (unpaired) electrons. The number of alkyl halides is 3. The number of anilines is 1. The van der Waals surface area contributed by atoms with Crippen LogP contribution in [0.15, 0.2) is 24.3 Å². The number of carbonyl (C=O) groups is 2. The highest BCUT2D eigenvalue weighted by Gasteiger charge is 2.53. The summed E-state index contributed by atoms with van der Waals surface area (Å²) in [5.74, 6) is -1.68. The highest BCUT2D eigenvalue weighted by Crippen LogP contribution is 2.46. The summed E-state index contributed by atoms with van der Waals surface area (Å²) >= 11 is 0. The van der Waals surface area contributed by atoms with Gasteiger partial charge in [-0.15, -0.1) is 6.42 Å². The monoisotopic (exact) mass is 837 g/mol. The second kappa shape index (κ2) is 15.4. The maximum absolute atomic E-state index is 17.5. The van der Waals surface area contributed by atoms with E-state index in [0.29, 0.717) is 24.6 Å². The molecule has 4 aromatic rings. The van der Waals surface area contributed by atoms with E-state index in [9.17, 15) is 27.9 Å². The van der Waals surface area contributed by atoms with Gasteiger partial charge in [-0.25, -0.2) is 18.6 Å². The molecule has 1 N–H and O–H groups in total. The largest absolute Gasteiger partial charge is 0.508 e. The SMILES string of the molecule is C#Cc1c(F)ccc2cc(O)cc(-c3nc(OC(C)C)c4c(N5CC6CCC(C5)N6C(=O)C(F)(F)F)nc(OC[C@]56CCCN5[C@H](COC(=O)N(C)C)CC6)nc4c3F)c12. The van der Waals surface area contributed by atoms with E-state index in [0.717, 1.165) is 36.8 Å². The van der Waals surface area contributed by atoms with Crippen molar-refractivity contribution in [2.24, 2.45) is 0 Å².